The first kappa shape index (κ1) is 15.3. The van der Waals surface area contributed by atoms with E-state index >= 15 is 0 Å². The van der Waals surface area contributed by atoms with Gasteiger partial charge in [0.1, 0.15) is 17.5 Å². The highest BCUT2D eigenvalue weighted by Crippen LogP contribution is 2.25. The van der Waals surface area contributed by atoms with Crippen molar-refractivity contribution < 1.29 is 0 Å². The maximum absolute atomic E-state index is 4.62. The number of nitrogens with zero attached hydrogens (tertiary/aromatic N) is 3. The van der Waals surface area contributed by atoms with Gasteiger partial charge >= 0.3 is 0 Å². The molecule has 0 unspecified atom stereocenters. The molecule has 0 amide bonds. The molecule has 0 fully saturated rings. The monoisotopic (exact) mass is 284 g/mol. The van der Waals surface area contributed by atoms with E-state index in [4.69, 9.17) is 0 Å². The largest absolute Gasteiger partial charge is 0.370 e. The molecule has 4 heteroatoms. The predicted octanol–water partition coefficient (Wildman–Crippen LogP) is 4.16. The average Bonchev–Trinajstić information content (AvgIpc) is 2.48. The van der Waals surface area contributed by atoms with Gasteiger partial charge in [-0.05, 0) is 32.4 Å². The molecule has 4 nitrogen and oxygen atoms in total. The number of para-hydroxylation sites is 1. The van der Waals surface area contributed by atoms with Gasteiger partial charge in [-0.2, -0.15) is 0 Å². The lowest BCUT2D eigenvalue weighted by Crippen LogP contribution is -2.20. The normalized spacial score (nSPS) is 10.4. The van der Waals surface area contributed by atoms with Gasteiger partial charge in [0, 0.05) is 24.8 Å². The molecular formula is C17H24N4. The van der Waals surface area contributed by atoms with Crippen LogP contribution in [0.3, 0.4) is 0 Å². The summed E-state index contributed by atoms with van der Waals surface area (Å²) in [6.07, 6.45) is 2.29. The lowest BCUT2D eigenvalue weighted by molar-refractivity contribution is 0.776. The number of rotatable bonds is 7. The molecule has 0 atom stereocenters. The lowest BCUT2D eigenvalue weighted by atomic mass is 10.2. The third kappa shape index (κ3) is 4.18. The molecular weight excluding hydrogens is 260 g/mol. The van der Waals surface area contributed by atoms with Crippen LogP contribution in [-0.4, -0.2) is 23.1 Å². The molecule has 2 aromatic rings. The Hall–Kier alpha value is -2.10. The van der Waals surface area contributed by atoms with Crippen molar-refractivity contribution in [2.24, 2.45) is 0 Å². The number of nitrogens with one attached hydrogen (secondary N) is 1. The summed E-state index contributed by atoms with van der Waals surface area (Å²) in [5, 5.41) is 3.27. The standard InChI is InChI=1S/C17H24N4/c1-4-6-12-21(15-10-8-7-9-11-15)17-13-16(18-5-2)19-14(3)20-17/h7-11,13H,4-6,12H2,1-3H3,(H,18,19,20). The van der Waals surface area contributed by atoms with Crippen LogP contribution in [0, 0.1) is 6.92 Å². The van der Waals surface area contributed by atoms with Gasteiger partial charge in [-0.25, -0.2) is 9.97 Å². The van der Waals surface area contributed by atoms with Gasteiger partial charge in [0.05, 0.1) is 0 Å². The van der Waals surface area contributed by atoms with Crippen molar-refractivity contribution in [1.82, 2.24) is 9.97 Å². The fourth-order valence-electron chi connectivity index (χ4n) is 2.26. The van der Waals surface area contributed by atoms with Gasteiger partial charge in [0.25, 0.3) is 0 Å². The van der Waals surface area contributed by atoms with Crippen LogP contribution in [0.1, 0.15) is 32.5 Å². The number of aryl methyl sites for hydroxylation is 1. The van der Waals surface area contributed by atoms with E-state index < -0.39 is 0 Å². The summed E-state index contributed by atoms with van der Waals surface area (Å²) < 4.78 is 0. The number of unbranched alkanes of at least 4 members (excludes halogenated alkanes) is 1. The molecule has 1 aromatic heterocycles. The topological polar surface area (TPSA) is 41.0 Å². The lowest BCUT2D eigenvalue weighted by Gasteiger charge is -2.24. The Kier molecular flexibility index (Phi) is 5.55. The van der Waals surface area contributed by atoms with Crippen molar-refractivity contribution in [3.8, 4) is 0 Å². The van der Waals surface area contributed by atoms with Crippen molar-refractivity contribution in [3.05, 3.63) is 42.2 Å². The summed E-state index contributed by atoms with van der Waals surface area (Å²) >= 11 is 0. The maximum Gasteiger partial charge on any atom is 0.138 e. The molecule has 0 aliphatic heterocycles. The zero-order valence-electron chi connectivity index (χ0n) is 13.1. The molecule has 0 bridgehead atoms. The molecule has 0 spiro atoms. The van der Waals surface area contributed by atoms with E-state index in [9.17, 15) is 0 Å². The van der Waals surface area contributed by atoms with E-state index in [0.717, 1.165) is 43.4 Å². The molecule has 0 aliphatic carbocycles. The number of anilines is 3. The SMILES string of the molecule is CCCCN(c1ccccc1)c1cc(NCC)nc(C)n1. The molecule has 112 valence electrons. The van der Waals surface area contributed by atoms with Gasteiger partial charge in [0.2, 0.25) is 0 Å². The van der Waals surface area contributed by atoms with Gasteiger partial charge in [-0.1, -0.05) is 31.5 Å². The van der Waals surface area contributed by atoms with Crippen LogP contribution < -0.4 is 10.2 Å². The molecule has 0 saturated carbocycles. The first-order valence-electron chi connectivity index (χ1n) is 7.66. The minimum atomic E-state index is 0.792. The van der Waals surface area contributed by atoms with Gasteiger partial charge in [-0.15, -0.1) is 0 Å². The molecule has 0 saturated heterocycles. The Bertz CT molecular complexity index is 554. The van der Waals surface area contributed by atoms with Crippen molar-refractivity contribution in [2.45, 2.75) is 33.6 Å². The molecule has 2 rings (SSSR count). The highest BCUT2D eigenvalue weighted by molar-refractivity contribution is 5.62. The van der Waals surface area contributed by atoms with E-state index in [1.54, 1.807) is 0 Å². The molecule has 0 aliphatic rings. The van der Waals surface area contributed by atoms with E-state index in [2.05, 4.69) is 58.3 Å². The second-order valence-corrected chi connectivity index (χ2v) is 5.03. The summed E-state index contributed by atoms with van der Waals surface area (Å²) in [5.41, 5.74) is 1.17. The van der Waals surface area contributed by atoms with E-state index in [-0.39, 0.29) is 0 Å². The second-order valence-electron chi connectivity index (χ2n) is 5.03. The number of aromatic nitrogens is 2. The van der Waals surface area contributed by atoms with Gasteiger partial charge < -0.3 is 10.2 Å². The van der Waals surface area contributed by atoms with Crippen LogP contribution in [0.5, 0.6) is 0 Å². The maximum atomic E-state index is 4.62. The number of hydrogen-bond acceptors (Lipinski definition) is 4. The first-order valence-corrected chi connectivity index (χ1v) is 7.66. The second kappa shape index (κ2) is 7.62. The van der Waals surface area contributed by atoms with Crippen LogP contribution in [0.15, 0.2) is 36.4 Å². The third-order valence-corrected chi connectivity index (χ3v) is 3.26. The van der Waals surface area contributed by atoms with Crippen LogP contribution in [0.4, 0.5) is 17.3 Å². The van der Waals surface area contributed by atoms with Crippen LogP contribution in [-0.2, 0) is 0 Å². The first-order chi connectivity index (χ1) is 10.2. The fraction of sp³-hybridized carbons (Fsp3) is 0.412. The Morgan fingerprint density at radius 1 is 1.10 bits per heavy atom. The van der Waals surface area contributed by atoms with E-state index in [1.807, 2.05) is 19.1 Å². The average molecular weight is 284 g/mol. The fourth-order valence-corrected chi connectivity index (χ4v) is 2.26. The minimum Gasteiger partial charge on any atom is -0.370 e. The van der Waals surface area contributed by atoms with Crippen molar-refractivity contribution in [1.29, 1.82) is 0 Å². The molecule has 1 heterocycles. The van der Waals surface area contributed by atoms with E-state index in [1.165, 1.54) is 5.69 Å². The molecule has 1 N–H and O–H groups in total. The van der Waals surface area contributed by atoms with Crippen LogP contribution >= 0.6 is 0 Å². The summed E-state index contributed by atoms with van der Waals surface area (Å²) in [7, 11) is 0. The third-order valence-electron chi connectivity index (χ3n) is 3.26. The van der Waals surface area contributed by atoms with Gasteiger partial charge in [0.15, 0.2) is 0 Å². The smallest absolute Gasteiger partial charge is 0.138 e. The molecule has 21 heavy (non-hydrogen) atoms. The number of benzene rings is 1. The van der Waals surface area contributed by atoms with Crippen LogP contribution in [0.2, 0.25) is 0 Å². The molecule has 0 radical (unpaired) electrons. The Morgan fingerprint density at radius 3 is 2.52 bits per heavy atom. The van der Waals surface area contributed by atoms with E-state index in [0.29, 0.717) is 0 Å². The Morgan fingerprint density at radius 2 is 1.86 bits per heavy atom. The van der Waals surface area contributed by atoms with Crippen molar-refractivity contribution in [3.63, 3.8) is 0 Å². The quantitative estimate of drug-likeness (QED) is 0.829. The number of hydrogen-bond donors (Lipinski definition) is 1. The van der Waals surface area contributed by atoms with Crippen LogP contribution in [0.25, 0.3) is 0 Å². The van der Waals surface area contributed by atoms with Gasteiger partial charge in [-0.3, -0.25) is 0 Å². The minimum absolute atomic E-state index is 0.792. The summed E-state index contributed by atoms with van der Waals surface area (Å²) in [6, 6.07) is 12.4. The highest BCUT2D eigenvalue weighted by Gasteiger charge is 2.12. The van der Waals surface area contributed by atoms with Crippen molar-refractivity contribution >= 4 is 17.3 Å². The zero-order valence-corrected chi connectivity index (χ0v) is 13.1. The summed E-state index contributed by atoms with van der Waals surface area (Å²) in [5.74, 6) is 2.64. The summed E-state index contributed by atoms with van der Waals surface area (Å²) in [6.45, 7) is 8.04. The predicted molar refractivity (Wildman–Crippen MR) is 89.3 cm³/mol. The Balaban J connectivity index is 2.36. The molecule has 1 aromatic carbocycles. The highest BCUT2D eigenvalue weighted by atomic mass is 15.2. The van der Waals surface area contributed by atoms with Crippen molar-refractivity contribution in [2.75, 3.05) is 23.3 Å². The summed E-state index contributed by atoms with van der Waals surface area (Å²) in [4.78, 5) is 11.3. The zero-order chi connectivity index (χ0) is 15.1. The Labute approximate surface area is 127 Å².